The van der Waals surface area contributed by atoms with Crippen LogP contribution in [0.15, 0.2) is 12.3 Å². The SMILES string of the molecule is COC1CCC(Nc2nnccc2C(=O)O)C1. The fourth-order valence-electron chi connectivity index (χ4n) is 2.09. The number of carboxylic acids is 1. The standard InChI is InChI=1S/C11H15N3O3/c1-17-8-3-2-7(6-8)13-10-9(11(15)16)4-5-12-14-10/h4-5,7-8H,2-3,6H2,1H3,(H,13,14)(H,15,16). The Morgan fingerprint density at radius 2 is 2.41 bits per heavy atom. The average molecular weight is 237 g/mol. The summed E-state index contributed by atoms with van der Waals surface area (Å²) in [6.07, 6.45) is 4.43. The van der Waals surface area contributed by atoms with E-state index in [4.69, 9.17) is 9.84 Å². The van der Waals surface area contributed by atoms with E-state index in [1.54, 1.807) is 7.11 Å². The van der Waals surface area contributed by atoms with Gasteiger partial charge >= 0.3 is 5.97 Å². The van der Waals surface area contributed by atoms with Gasteiger partial charge in [0.15, 0.2) is 5.82 Å². The number of ether oxygens (including phenoxy) is 1. The van der Waals surface area contributed by atoms with E-state index in [1.165, 1.54) is 12.3 Å². The molecule has 0 bridgehead atoms. The molecule has 1 saturated carbocycles. The van der Waals surface area contributed by atoms with Crippen LogP contribution in [0.2, 0.25) is 0 Å². The van der Waals surface area contributed by atoms with Crippen molar-refractivity contribution in [3.63, 3.8) is 0 Å². The van der Waals surface area contributed by atoms with E-state index in [0.717, 1.165) is 19.3 Å². The Labute approximate surface area is 99.0 Å². The zero-order chi connectivity index (χ0) is 12.3. The first-order valence-electron chi connectivity index (χ1n) is 5.55. The number of nitrogens with one attached hydrogen (secondary N) is 1. The van der Waals surface area contributed by atoms with Gasteiger partial charge in [0.2, 0.25) is 0 Å². The van der Waals surface area contributed by atoms with Crippen LogP contribution >= 0.6 is 0 Å². The van der Waals surface area contributed by atoms with E-state index in [2.05, 4.69) is 15.5 Å². The van der Waals surface area contributed by atoms with Crippen LogP contribution in [0.1, 0.15) is 29.6 Å². The second-order valence-electron chi connectivity index (χ2n) is 4.11. The maximum Gasteiger partial charge on any atom is 0.339 e. The van der Waals surface area contributed by atoms with Crippen molar-refractivity contribution < 1.29 is 14.6 Å². The van der Waals surface area contributed by atoms with Crippen molar-refractivity contribution in [2.75, 3.05) is 12.4 Å². The number of carbonyl (C=O) groups is 1. The van der Waals surface area contributed by atoms with Crippen molar-refractivity contribution in [2.24, 2.45) is 0 Å². The molecule has 0 aliphatic heterocycles. The molecule has 0 amide bonds. The number of aromatic carboxylic acids is 1. The Kier molecular flexibility index (Phi) is 3.53. The normalized spacial score (nSPS) is 23.6. The summed E-state index contributed by atoms with van der Waals surface area (Å²) in [6.45, 7) is 0. The monoisotopic (exact) mass is 237 g/mol. The molecule has 17 heavy (non-hydrogen) atoms. The third-order valence-corrected chi connectivity index (χ3v) is 3.01. The van der Waals surface area contributed by atoms with Crippen LogP contribution in [0, 0.1) is 0 Å². The number of rotatable bonds is 4. The smallest absolute Gasteiger partial charge is 0.339 e. The lowest BCUT2D eigenvalue weighted by molar-refractivity contribution is 0.0697. The van der Waals surface area contributed by atoms with Gasteiger partial charge < -0.3 is 15.2 Å². The molecule has 0 saturated heterocycles. The van der Waals surface area contributed by atoms with Gasteiger partial charge in [0.05, 0.1) is 12.3 Å². The molecule has 1 fully saturated rings. The molecular formula is C11H15N3O3. The van der Waals surface area contributed by atoms with Gasteiger partial charge in [0.25, 0.3) is 0 Å². The molecule has 6 heteroatoms. The summed E-state index contributed by atoms with van der Waals surface area (Å²) < 4.78 is 5.26. The number of hydrogen-bond acceptors (Lipinski definition) is 5. The van der Waals surface area contributed by atoms with Gasteiger partial charge in [-0.25, -0.2) is 4.79 Å². The summed E-state index contributed by atoms with van der Waals surface area (Å²) in [5, 5.41) is 19.7. The molecule has 1 aromatic rings. The zero-order valence-corrected chi connectivity index (χ0v) is 9.59. The Bertz CT molecular complexity index is 411. The summed E-state index contributed by atoms with van der Waals surface area (Å²) in [6, 6.07) is 1.65. The van der Waals surface area contributed by atoms with Gasteiger partial charge in [-0.15, -0.1) is 5.10 Å². The second-order valence-corrected chi connectivity index (χ2v) is 4.11. The predicted octanol–water partition coefficient (Wildman–Crippen LogP) is 1.15. The lowest BCUT2D eigenvalue weighted by atomic mass is 10.2. The number of aromatic nitrogens is 2. The molecule has 1 heterocycles. The van der Waals surface area contributed by atoms with Crippen LogP contribution in [-0.2, 0) is 4.74 Å². The molecular weight excluding hydrogens is 222 g/mol. The minimum absolute atomic E-state index is 0.154. The molecule has 6 nitrogen and oxygen atoms in total. The highest BCUT2D eigenvalue weighted by molar-refractivity contribution is 5.92. The first-order valence-corrected chi connectivity index (χ1v) is 5.55. The Morgan fingerprint density at radius 1 is 1.59 bits per heavy atom. The minimum atomic E-state index is -0.997. The Balaban J connectivity index is 2.06. The maximum absolute atomic E-state index is 11.0. The molecule has 0 aromatic carbocycles. The van der Waals surface area contributed by atoms with Gasteiger partial charge in [0, 0.05) is 13.2 Å². The summed E-state index contributed by atoms with van der Waals surface area (Å²) in [5.41, 5.74) is 0.154. The Morgan fingerprint density at radius 3 is 3.06 bits per heavy atom. The first-order chi connectivity index (χ1) is 8.20. The molecule has 2 rings (SSSR count). The van der Waals surface area contributed by atoms with Gasteiger partial charge in [-0.05, 0) is 25.3 Å². The van der Waals surface area contributed by atoms with Crippen molar-refractivity contribution in [2.45, 2.75) is 31.4 Å². The lowest BCUT2D eigenvalue weighted by Gasteiger charge is -2.14. The average Bonchev–Trinajstić information content (AvgIpc) is 2.77. The van der Waals surface area contributed by atoms with E-state index in [0.29, 0.717) is 5.82 Å². The van der Waals surface area contributed by atoms with Crippen molar-refractivity contribution in [1.29, 1.82) is 0 Å². The van der Waals surface area contributed by atoms with Crippen LogP contribution in [0.25, 0.3) is 0 Å². The van der Waals surface area contributed by atoms with E-state index < -0.39 is 5.97 Å². The molecule has 1 aromatic heterocycles. The summed E-state index contributed by atoms with van der Waals surface area (Å²) in [4.78, 5) is 11.0. The van der Waals surface area contributed by atoms with Crippen LogP contribution in [0.5, 0.6) is 0 Å². The van der Waals surface area contributed by atoms with Gasteiger partial charge in [0.1, 0.15) is 5.56 Å². The van der Waals surface area contributed by atoms with Crippen LogP contribution < -0.4 is 5.32 Å². The largest absolute Gasteiger partial charge is 0.478 e. The molecule has 0 radical (unpaired) electrons. The maximum atomic E-state index is 11.0. The fourth-order valence-corrected chi connectivity index (χ4v) is 2.09. The number of methoxy groups -OCH3 is 1. The summed E-state index contributed by atoms with van der Waals surface area (Å²) >= 11 is 0. The zero-order valence-electron chi connectivity index (χ0n) is 9.59. The quantitative estimate of drug-likeness (QED) is 0.817. The molecule has 1 aliphatic rings. The molecule has 1 aliphatic carbocycles. The highest BCUT2D eigenvalue weighted by Gasteiger charge is 2.25. The second kappa shape index (κ2) is 5.09. The number of nitrogens with zero attached hydrogens (tertiary/aromatic N) is 2. The van der Waals surface area contributed by atoms with E-state index in [9.17, 15) is 4.79 Å². The van der Waals surface area contributed by atoms with Crippen molar-refractivity contribution in [1.82, 2.24) is 10.2 Å². The van der Waals surface area contributed by atoms with Crippen molar-refractivity contribution >= 4 is 11.8 Å². The third-order valence-electron chi connectivity index (χ3n) is 3.01. The topological polar surface area (TPSA) is 84.3 Å². The van der Waals surface area contributed by atoms with E-state index >= 15 is 0 Å². The van der Waals surface area contributed by atoms with Crippen LogP contribution in [0.3, 0.4) is 0 Å². The summed E-state index contributed by atoms with van der Waals surface area (Å²) in [7, 11) is 1.69. The van der Waals surface area contributed by atoms with E-state index in [1.807, 2.05) is 0 Å². The highest BCUT2D eigenvalue weighted by Crippen LogP contribution is 2.25. The van der Waals surface area contributed by atoms with Crippen molar-refractivity contribution in [3.05, 3.63) is 17.8 Å². The van der Waals surface area contributed by atoms with Gasteiger partial charge in [-0.1, -0.05) is 0 Å². The van der Waals surface area contributed by atoms with E-state index in [-0.39, 0.29) is 17.7 Å². The van der Waals surface area contributed by atoms with Crippen LogP contribution in [-0.4, -0.2) is 40.5 Å². The molecule has 0 spiro atoms. The van der Waals surface area contributed by atoms with Gasteiger partial charge in [-0.3, -0.25) is 0 Å². The summed E-state index contributed by atoms with van der Waals surface area (Å²) in [5.74, 6) is -0.662. The first kappa shape index (κ1) is 11.8. The molecule has 2 N–H and O–H groups in total. The predicted molar refractivity (Wildman–Crippen MR) is 61.1 cm³/mol. The molecule has 2 unspecified atom stereocenters. The number of carboxylic acid groups (broad SMARTS) is 1. The van der Waals surface area contributed by atoms with Crippen LogP contribution in [0.4, 0.5) is 5.82 Å². The third kappa shape index (κ3) is 2.71. The van der Waals surface area contributed by atoms with Gasteiger partial charge in [-0.2, -0.15) is 5.10 Å². The molecule has 2 atom stereocenters. The lowest BCUT2D eigenvalue weighted by Crippen LogP contribution is -2.20. The fraction of sp³-hybridized carbons (Fsp3) is 0.545. The Hall–Kier alpha value is -1.69. The number of anilines is 1. The highest BCUT2D eigenvalue weighted by atomic mass is 16.5. The minimum Gasteiger partial charge on any atom is -0.478 e. The molecule has 92 valence electrons. The van der Waals surface area contributed by atoms with Crippen molar-refractivity contribution in [3.8, 4) is 0 Å². The number of hydrogen-bond donors (Lipinski definition) is 2.